The van der Waals surface area contributed by atoms with Crippen LogP contribution in [-0.2, 0) is 60.9 Å². The molecule has 6 aromatic rings. The van der Waals surface area contributed by atoms with Gasteiger partial charge in [-0.05, 0) is 83.2 Å². The van der Waals surface area contributed by atoms with Crippen LogP contribution in [0.15, 0.2) is 170 Å². The quantitative estimate of drug-likeness (QED) is 0.0862. The molecule has 11 heteroatoms. The van der Waals surface area contributed by atoms with Crippen molar-refractivity contribution in [2.24, 2.45) is 11.8 Å². The van der Waals surface area contributed by atoms with Gasteiger partial charge in [-0.25, -0.2) is 4.79 Å². The maximum atomic E-state index is 14.8. The van der Waals surface area contributed by atoms with Crippen LogP contribution in [0.1, 0.15) is 53.5 Å². The van der Waals surface area contributed by atoms with Gasteiger partial charge in [-0.3, -0.25) is 24.0 Å². The standard InChI is InChI=1S/C57H57N3O8/c61-48-36-46(29-21-39-13-5-1-6-14-39)54(63)59-51(34-43-22-27-45(28-23-43)44-19-11-4-12-20-44)56(65)58-50(32-26-40-15-7-2-8-16-40)53(62)37-47(33-42-24-30-49(31-25-42)68-38-48)55(64)60-52(57(66)67)35-41-17-9-3-10-18-41/h1-20,22-25,27-28,30-31,46-47,50-52H,21,26,29,32-38H2,(H,58,65)(H,59,63)(H,60,64)(H,66,67)/t46-,47+,50+,51-,52-/m0/s1. The minimum Gasteiger partial charge on any atom is -0.486 e. The third kappa shape index (κ3) is 14.4. The maximum absolute atomic E-state index is 14.8. The Morgan fingerprint density at radius 1 is 0.574 bits per heavy atom. The SMILES string of the molecule is O=C1COc2ccc(cc2)C[C@@H](C(=O)N[C@@H](Cc2ccccc2)C(=O)O)CC(=O)[C@@H](CCc2ccccc2)NC(=O)[C@H](Cc2ccc(-c3ccccc3)cc2)NC(=O)[C@@H](CCc2ccccc2)C1. The predicted octanol–water partition coefficient (Wildman–Crippen LogP) is 7.73. The Bertz CT molecular complexity index is 2610. The van der Waals surface area contributed by atoms with Crippen LogP contribution in [0.5, 0.6) is 5.75 Å². The third-order valence-corrected chi connectivity index (χ3v) is 12.4. The van der Waals surface area contributed by atoms with Crippen molar-refractivity contribution in [2.45, 2.75) is 75.9 Å². The molecule has 0 spiro atoms. The van der Waals surface area contributed by atoms with Gasteiger partial charge >= 0.3 is 5.97 Å². The molecule has 2 heterocycles. The van der Waals surface area contributed by atoms with E-state index in [1.54, 1.807) is 48.5 Å². The first-order chi connectivity index (χ1) is 33.1. The molecule has 0 unspecified atom stereocenters. The van der Waals surface area contributed by atoms with Gasteiger partial charge in [0.2, 0.25) is 17.7 Å². The van der Waals surface area contributed by atoms with E-state index in [0.717, 1.165) is 27.8 Å². The van der Waals surface area contributed by atoms with Gasteiger partial charge in [0.15, 0.2) is 11.6 Å². The van der Waals surface area contributed by atoms with Crippen LogP contribution in [-0.4, -0.2) is 65.1 Å². The molecule has 2 aliphatic rings. The number of hydrogen-bond donors (Lipinski definition) is 4. The minimum atomic E-state index is -1.28. The van der Waals surface area contributed by atoms with Crippen molar-refractivity contribution < 1.29 is 38.6 Å². The fourth-order valence-electron chi connectivity index (χ4n) is 8.54. The minimum absolute atomic E-state index is 0.0261. The van der Waals surface area contributed by atoms with E-state index < -0.39 is 59.4 Å². The van der Waals surface area contributed by atoms with E-state index in [0.29, 0.717) is 36.1 Å². The van der Waals surface area contributed by atoms with E-state index in [1.807, 2.05) is 121 Å². The Hall–Kier alpha value is -7.66. The second-order valence-electron chi connectivity index (χ2n) is 17.5. The van der Waals surface area contributed by atoms with E-state index in [1.165, 1.54) is 0 Å². The molecule has 11 nitrogen and oxygen atoms in total. The van der Waals surface area contributed by atoms with E-state index in [9.17, 15) is 33.9 Å². The molecule has 0 aliphatic carbocycles. The molecule has 6 aromatic carbocycles. The Morgan fingerprint density at radius 2 is 1.12 bits per heavy atom. The summed E-state index contributed by atoms with van der Waals surface area (Å²) in [5, 5.41) is 18.9. The third-order valence-electron chi connectivity index (χ3n) is 12.4. The second-order valence-corrected chi connectivity index (χ2v) is 17.5. The first kappa shape index (κ1) is 48.3. The number of rotatable bonds is 14. The highest BCUT2D eigenvalue weighted by atomic mass is 16.5. The first-order valence-electron chi connectivity index (χ1n) is 23.2. The fraction of sp³-hybridized carbons (Fsp3) is 0.263. The summed E-state index contributed by atoms with van der Waals surface area (Å²) in [6, 6.07) is 49.0. The molecule has 0 saturated heterocycles. The number of carbonyl (C=O) groups is 6. The fourth-order valence-corrected chi connectivity index (χ4v) is 8.54. The summed E-state index contributed by atoms with van der Waals surface area (Å²) in [6.45, 7) is -0.299. The number of fused-ring (bicyclic) bond motifs is 16. The molecule has 0 aromatic heterocycles. The monoisotopic (exact) mass is 911 g/mol. The molecular formula is C57H57N3O8. The van der Waals surface area contributed by atoms with Crippen molar-refractivity contribution in [3.63, 3.8) is 0 Å². The van der Waals surface area contributed by atoms with Gasteiger partial charge in [0.05, 0.1) is 6.04 Å². The Balaban J connectivity index is 1.22. The maximum Gasteiger partial charge on any atom is 0.326 e. The summed E-state index contributed by atoms with van der Waals surface area (Å²) in [4.78, 5) is 84.4. The number of aliphatic carboxylic acids is 1. The highest BCUT2D eigenvalue weighted by Gasteiger charge is 2.34. The van der Waals surface area contributed by atoms with Gasteiger partial charge in [-0.2, -0.15) is 0 Å². The van der Waals surface area contributed by atoms with Crippen molar-refractivity contribution in [3.05, 3.63) is 198 Å². The van der Waals surface area contributed by atoms with E-state index in [2.05, 4.69) is 16.0 Å². The van der Waals surface area contributed by atoms with Gasteiger partial charge in [-0.1, -0.05) is 158 Å². The number of amides is 3. The number of ether oxygens (including phenoxy) is 1. The normalized spacial score (nSPS) is 18.7. The van der Waals surface area contributed by atoms with Crippen LogP contribution >= 0.6 is 0 Å². The largest absolute Gasteiger partial charge is 0.486 e. The van der Waals surface area contributed by atoms with E-state index >= 15 is 0 Å². The summed E-state index contributed by atoms with van der Waals surface area (Å²) in [6.07, 6.45) is 1.14. The molecule has 8 rings (SSSR count). The van der Waals surface area contributed by atoms with Crippen LogP contribution in [0, 0.1) is 11.8 Å². The van der Waals surface area contributed by atoms with Gasteiger partial charge < -0.3 is 25.8 Å². The number of benzene rings is 6. The molecule has 0 fully saturated rings. The van der Waals surface area contributed by atoms with Gasteiger partial charge in [0.1, 0.15) is 24.4 Å². The average molecular weight is 912 g/mol. The summed E-state index contributed by atoms with van der Waals surface area (Å²) in [5.74, 6) is -5.11. The number of carboxylic acid groups (broad SMARTS) is 1. The van der Waals surface area contributed by atoms with E-state index in [4.69, 9.17) is 4.74 Å². The topological polar surface area (TPSA) is 168 Å². The number of hydrogen-bond acceptors (Lipinski definition) is 7. The first-order valence-corrected chi connectivity index (χ1v) is 23.2. The molecule has 0 radical (unpaired) electrons. The lowest BCUT2D eigenvalue weighted by Crippen LogP contribution is -2.54. The van der Waals surface area contributed by atoms with Crippen LogP contribution in [0.3, 0.4) is 0 Å². The lowest BCUT2D eigenvalue weighted by Gasteiger charge is -2.26. The zero-order chi connectivity index (χ0) is 47.7. The smallest absolute Gasteiger partial charge is 0.326 e. The number of aryl methyl sites for hydroxylation is 2. The van der Waals surface area contributed by atoms with Crippen LogP contribution in [0.4, 0.5) is 0 Å². The predicted molar refractivity (Wildman–Crippen MR) is 261 cm³/mol. The van der Waals surface area contributed by atoms with Crippen LogP contribution in [0.25, 0.3) is 11.1 Å². The zero-order valence-corrected chi connectivity index (χ0v) is 37.9. The molecule has 348 valence electrons. The van der Waals surface area contributed by atoms with E-state index in [-0.39, 0.29) is 50.9 Å². The van der Waals surface area contributed by atoms with Crippen molar-refractivity contribution in [3.8, 4) is 16.9 Å². The molecule has 0 saturated carbocycles. The highest BCUT2D eigenvalue weighted by Crippen LogP contribution is 2.23. The summed E-state index contributed by atoms with van der Waals surface area (Å²) in [7, 11) is 0. The number of nitrogens with one attached hydrogen (secondary N) is 3. The van der Waals surface area contributed by atoms with Crippen molar-refractivity contribution >= 4 is 35.3 Å². The van der Waals surface area contributed by atoms with Gasteiger partial charge in [0.25, 0.3) is 0 Å². The van der Waals surface area contributed by atoms with Crippen LogP contribution < -0.4 is 20.7 Å². The molecular weight excluding hydrogens is 855 g/mol. The number of carbonyl (C=O) groups excluding carboxylic acids is 5. The van der Waals surface area contributed by atoms with Crippen molar-refractivity contribution in [1.29, 1.82) is 0 Å². The highest BCUT2D eigenvalue weighted by molar-refractivity contribution is 5.96. The molecule has 2 bridgehead atoms. The molecule has 68 heavy (non-hydrogen) atoms. The number of ketones is 2. The van der Waals surface area contributed by atoms with Gasteiger partial charge in [-0.15, -0.1) is 0 Å². The Labute approximate surface area is 397 Å². The number of carboxylic acids is 1. The molecule has 2 aliphatic heterocycles. The van der Waals surface area contributed by atoms with Crippen LogP contribution in [0.2, 0.25) is 0 Å². The Kier molecular flexibility index (Phi) is 17.2. The average Bonchev–Trinajstić information content (AvgIpc) is 3.36. The zero-order valence-electron chi connectivity index (χ0n) is 37.9. The van der Waals surface area contributed by atoms with Gasteiger partial charge in [0, 0.05) is 37.5 Å². The van der Waals surface area contributed by atoms with Crippen molar-refractivity contribution in [2.75, 3.05) is 6.61 Å². The summed E-state index contributed by atoms with van der Waals surface area (Å²) < 4.78 is 5.90. The summed E-state index contributed by atoms with van der Waals surface area (Å²) in [5.41, 5.74) is 6.06. The summed E-state index contributed by atoms with van der Waals surface area (Å²) >= 11 is 0. The molecule has 3 amide bonds. The number of Topliss-reactive ketones (excluding diaryl/α,β-unsaturated/α-hetero) is 2. The molecule has 4 N–H and O–H groups in total. The second kappa shape index (κ2) is 24.2. The lowest BCUT2D eigenvalue weighted by atomic mass is 9.89. The lowest BCUT2D eigenvalue weighted by molar-refractivity contribution is -0.142. The van der Waals surface area contributed by atoms with Crippen molar-refractivity contribution in [1.82, 2.24) is 16.0 Å². The Morgan fingerprint density at radius 3 is 1.72 bits per heavy atom. The molecule has 5 atom stereocenters.